The van der Waals surface area contributed by atoms with E-state index < -0.39 is 11.9 Å². The van der Waals surface area contributed by atoms with Gasteiger partial charge in [0.2, 0.25) is 0 Å². The molecule has 1 fully saturated rings. The summed E-state index contributed by atoms with van der Waals surface area (Å²) < 4.78 is 4.53. The van der Waals surface area contributed by atoms with E-state index in [1.54, 1.807) is 0 Å². The maximum atomic E-state index is 11.8. The molecule has 0 aromatic heterocycles. The molecule has 1 saturated carbocycles. The summed E-state index contributed by atoms with van der Waals surface area (Å²) in [6, 6.07) is 0. The number of hydrogen-bond acceptors (Lipinski definition) is 4. The van der Waals surface area contributed by atoms with Gasteiger partial charge < -0.3 is 4.74 Å². The Bertz CT molecular complexity index is 289. The highest BCUT2D eigenvalue weighted by atomic mass is 16.5. The Morgan fingerprint density at radius 3 is 2.25 bits per heavy atom. The van der Waals surface area contributed by atoms with E-state index >= 15 is 0 Å². The number of ketones is 2. The van der Waals surface area contributed by atoms with E-state index in [1.165, 1.54) is 14.0 Å². The summed E-state index contributed by atoms with van der Waals surface area (Å²) in [5.41, 5.74) is 0. The Morgan fingerprint density at radius 1 is 1.25 bits per heavy atom. The van der Waals surface area contributed by atoms with Gasteiger partial charge in [-0.2, -0.15) is 0 Å². The van der Waals surface area contributed by atoms with Gasteiger partial charge >= 0.3 is 5.97 Å². The largest absolute Gasteiger partial charge is 0.468 e. The van der Waals surface area contributed by atoms with Crippen LogP contribution in [0.2, 0.25) is 0 Å². The van der Waals surface area contributed by atoms with Crippen molar-refractivity contribution in [2.45, 2.75) is 39.0 Å². The van der Waals surface area contributed by atoms with Gasteiger partial charge in [-0.15, -0.1) is 0 Å². The summed E-state index contributed by atoms with van der Waals surface area (Å²) >= 11 is 0. The lowest BCUT2D eigenvalue weighted by Crippen LogP contribution is -2.28. The van der Waals surface area contributed by atoms with Gasteiger partial charge in [0.05, 0.1) is 7.11 Å². The lowest BCUT2D eigenvalue weighted by atomic mass is 9.91. The number of rotatable bonds is 5. The molecule has 0 N–H and O–H groups in total. The minimum Gasteiger partial charge on any atom is -0.468 e. The summed E-state index contributed by atoms with van der Waals surface area (Å²) in [5.74, 6) is -1.72. The molecule has 0 radical (unpaired) electrons. The number of hydrogen-bond donors (Lipinski definition) is 0. The molecule has 0 aromatic rings. The molecular weight excluding hydrogens is 208 g/mol. The monoisotopic (exact) mass is 226 g/mol. The molecule has 1 unspecified atom stereocenters. The summed E-state index contributed by atoms with van der Waals surface area (Å²) in [5, 5.41) is 0. The second-order valence-corrected chi connectivity index (χ2v) is 4.34. The molecule has 0 aromatic carbocycles. The third-order valence-electron chi connectivity index (χ3n) is 3.19. The van der Waals surface area contributed by atoms with Gasteiger partial charge in [0.1, 0.15) is 17.5 Å². The van der Waals surface area contributed by atoms with Gasteiger partial charge in [-0.05, 0) is 19.8 Å². The average molecular weight is 226 g/mol. The molecule has 4 nitrogen and oxygen atoms in total. The van der Waals surface area contributed by atoms with E-state index in [1.807, 2.05) is 0 Å². The number of ether oxygens (including phenoxy) is 1. The Balaban J connectivity index is 2.57. The first-order valence-electron chi connectivity index (χ1n) is 5.67. The molecule has 4 heteroatoms. The van der Waals surface area contributed by atoms with Gasteiger partial charge in [-0.1, -0.05) is 12.8 Å². The van der Waals surface area contributed by atoms with Crippen molar-refractivity contribution in [3.8, 4) is 0 Å². The molecule has 0 heterocycles. The molecule has 1 rings (SSSR count). The van der Waals surface area contributed by atoms with E-state index in [2.05, 4.69) is 4.74 Å². The van der Waals surface area contributed by atoms with Crippen LogP contribution in [0.25, 0.3) is 0 Å². The number of esters is 1. The minimum atomic E-state index is -0.905. The molecule has 1 atom stereocenters. The molecule has 90 valence electrons. The zero-order chi connectivity index (χ0) is 12.1. The first-order valence-corrected chi connectivity index (χ1v) is 5.67. The van der Waals surface area contributed by atoms with Crippen LogP contribution in [0.1, 0.15) is 39.0 Å². The van der Waals surface area contributed by atoms with Crippen LogP contribution in [0.3, 0.4) is 0 Å². The van der Waals surface area contributed by atoms with E-state index in [9.17, 15) is 14.4 Å². The van der Waals surface area contributed by atoms with Crippen LogP contribution in [0.5, 0.6) is 0 Å². The van der Waals surface area contributed by atoms with Crippen molar-refractivity contribution in [1.82, 2.24) is 0 Å². The van der Waals surface area contributed by atoms with E-state index in [4.69, 9.17) is 0 Å². The predicted molar refractivity (Wildman–Crippen MR) is 57.8 cm³/mol. The SMILES string of the molecule is COC(=O)C(CC(=O)C1CCCC1)C(C)=O. The maximum absolute atomic E-state index is 11.8. The molecule has 16 heavy (non-hydrogen) atoms. The van der Waals surface area contributed by atoms with Crippen molar-refractivity contribution in [1.29, 1.82) is 0 Å². The van der Waals surface area contributed by atoms with Gasteiger partial charge in [-0.3, -0.25) is 14.4 Å². The quantitative estimate of drug-likeness (QED) is 0.526. The van der Waals surface area contributed by atoms with Crippen LogP contribution >= 0.6 is 0 Å². The lowest BCUT2D eigenvalue weighted by Gasteiger charge is -2.13. The first kappa shape index (κ1) is 12.9. The molecule has 0 spiro atoms. The van der Waals surface area contributed by atoms with Crippen molar-refractivity contribution >= 4 is 17.5 Å². The normalized spacial score (nSPS) is 18.1. The predicted octanol–water partition coefficient (Wildman–Crippen LogP) is 1.51. The summed E-state index contributed by atoms with van der Waals surface area (Å²) in [6.45, 7) is 1.32. The van der Waals surface area contributed by atoms with Crippen molar-refractivity contribution < 1.29 is 19.1 Å². The molecule has 0 bridgehead atoms. The Labute approximate surface area is 95.3 Å². The Morgan fingerprint density at radius 2 is 1.81 bits per heavy atom. The van der Waals surface area contributed by atoms with Crippen LogP contribution in [-0.4, -0.2) is 24.6 Å². The van der Waals surface area contributed by atoms with Crippen LogP contribution in [0.4, 0.5) is 0 Å². The fourth-order valence-electron chi connectivity index (χ4n) is 2.15. The standard InChI is InChI=1S/C12H18O4/c1-8(13)10(12(15)16-2)7-11(14)9-5-3-4-6-9/h9-10H,3-7H2,1-2H3. The third kappa shape index (κ3) is 3.15. The lowest BCUT2D eigenvalue weighted by molar-refractivity contribution is -0.151. The second-order valence-electron chi connectivity index (χ2n) is 4.34. The van der Waals surface area contributed by atoms with Gasteiger partial charge in [0.25, 0.3) is 0 Å². The van der Waals surface area contributed by atoms with E-state index in [0.29, 0.717) is 0 Å². The highest BCUT2D eigenvalue weighted by Crippen LogP contribution is 2.27. The number of methoxy groups -OCH3 is 1. The molecule has 0 saturated heterocycles. The fourth-order valence-corrected chi connectivity index (χ4v) is 2.15. The van der Waals surface area contributed by atoms with E-state index in [0.717, 1.165) is 25.7 Å². The third-order valence-corrected chi connectivity index (χ3v) is 3.19. The second kappa shape index (κ2) is 5.77. The molecule has 1 aliphatic rings. The van der Waals surface area contributed by atoms with E-state index in [-0.39, 0.29) is 23.9 Å². The maximum Gasteiger partial charge on any atom is 0.316 e. The zero-order valence-corrected chi connectivity index (χ0v) is 9.82. The van der Waals surface area contributed by atoms with Crippen LogP contribution in [0.15, 0.2) is 0 Å². The fraction of sp³-hybridized carbons (Fsp3) is 0.750. The van der Waals surface area contributed by atoms with Crippen LogP contribution in [-0.2, 0) is 19.1 Å². The summed E-state index contributed by atoms with van der Waals surface area (Å²) in [6.07, 6.45) is 3.93. The van der Waals surface area contributed by atoms with Crippen LogP contribution in [0, 0.1) is 11.8 Å². The van der Waals surface area contributed by atoms with Crippen molar-refractivity contribution in [2.24, 2.45) is 11.8 Å². The highest BCUT2D eigenvalue weighted by molar-refractivity contribution is 6.01. The minimum absolute atomic E-state index is 0.00662. The van der Waals surface area contributed by atoms with Crippen molar-refractivity contribution in [3.05, 3.63) is 0 Å². The van der Waals surface area contributed by atoms with Gasteiger partial charge in [0.15, 0.2) is 0 Å². The van der Waals surface area contributed by atoms with Gasteiger partial charge in [0, 0.05) is 12.3 Å². The highest BCUT2D eigenvalue weighted by Gasteiger charge is 2.31. The van der Waals surface area contributed by atoms with Crippen molar-refractivity contribution in [3.63, 3.8) is 0 Å². The Kier molecular flexibility index (Phi) is 4.65. The number of carbonyl (C=O) groups excluding carboxylic acids is 3. The Hall–Kier alpha value is -1.19. The topological polar surface area (TPSA) is 60.4 Å². The van der Waals surface area contributed by atoms with Gasteiger partial charge in [-0.25, -0.2) is 0 Å². The summed E-state index contributed by atoms with van der Waals surface area (Å²) in [4.78, 5) is 34.4. The average Bonchev–Trinajstić information content (AvgIpc) is 2.77. The van der Waals surface area contributed by atoms with Crippen LogP contribution < -0.4 is 0 Å². The number of carbonyl (C=O) groups is 3. The molecule has 1 aliphatic carbocycles. The molecule has 0 amide bonds. The zero-order valence-electron chi connectivity index (χ0n) is 9.82. The summed E-state index contributed by atoms with van der Waals surface area (Å²) in [7, 11) is 1.23. The number of Topliss-reactive ketones (excluding diaryl/α,β-unsaturated/α-hetero) is 2. The molecular formula is C12H18O4. The first-order chi connectivity index (χ1) is 7.56. The smallest absolute Gasteiger partial charge is 0.316 e. The molecule has 0 aliphatic heterocycles. The van der Waals surface area contributed by atoms with Crippen molar-refractivity contribution in [2.75, 3.05) is 7.11 Å².